The van der Waals surface area contributed by atoms with E-state index in [0.29, 0.717) is 18.7 Å². The van der Waals surface area contributed by atoms with Gasteiger partial charge < -0.3 is 15.7 Å². The van der Waals surface area contributed by atoms with Gasteiger partial charge in [0, 0.05) is 30.9 Å². The lowest BCUT2D eigenvalue weighted by molar-refractivity contribution is 0.0876. The third kappa shape index (κ3) is 3.98. The summed E-state index contributed by atoms with van der Waals surface area (Å²) in [6.07, 6.45) is 0. The van der Waals surface area contributed by atoms with E-state index in [1.807, 2.05) is 17.9 Å². The number of hydrogen-bond donors (Lipinski definition) is 2. The van der Waals surface area contributed by atoms with Gasteiger partial charge in [0.1, 0.15) is 5.82 Å². The van der Waals surface area contributed by atoms with Gasteiger partial charge in [-0.05, 0) is 32.9 Å². The molecule has 4 heteroatoms. The van der Waals surface area contributed by atoms with Gasteiger partial charge in [0.05, 0.1) is 5.60 Å². The lowest BCUT2D eigenvalue weighted by atomic mass is 10.1. The molecule has 0 aliphatic carbocycles. The Morgan fingerprint density at radius 3 is 2.47 bits per heavy atom. The van der Waals surface area contributed by atoms with Crippen LogP contribution in [0, 0.1) is 5.82 Å². The number of nitrogens with two attached hydrogens (primary N) is 1. The van der Waals surface area contributed by atoms with Crippen LogP contribution in [0.5, 0.6) is 0 Å². The summed E-state index contributed by atoms with van der Waals surface area (Å²) in [7, 11) is 0. The van der Waals surface area contributed by atoms with Gasteiger partial charge in [-0.25, -0.2) is 4.39 Å². The Balaban J connectivity index is 2.93. The van der Waals surface area contributed by atoms with Gasteiger partial charge in [0.2, 0.25) is 0 Å². The number of nitrogens with zero attached hydrogens (tertiary/aromatic N) is 1. The largest absolute Gasteiger partial charge is 0.389 e. The number of aliphatic hydroxyl groups is 1. The van der Waals surface area contributed by atoms with Crippen molar-refractivity contribution in [2.45, 2.75) is 32.9 Å². The van der Waals surface area contributed by atoms with Crippen LogP contribution in [0.4, 0.5) is 10.1 Å². The summed E-state index contributed by atoms with van der Waals surface area (Å²) in [5.74, 6) is -0.292. The van der Waals surface area contributed by atoms with Crippen LogP contribution < -0.4 is 10.6 Å². The van der Waals surface area contributed by atoms with E-state index in [1.165, 1.54) is 6.07 Å². The van der Waals surface area contributed by atoms with E-state index in [0.717, 1.165) is 5.69 Å². The van der Waals surface area contributed by atoms with E-state index in [4.69, 9.17) is 5.73 Å². The molecule has 1 rings (SSSR count). The van der Waals surface area contributed by atoms with E-state index >= 15 is 0 Å². The molecule has 0 unspecified atom stereocenters. The second kappa shape index (κ2) is 5.47. The highest BCUT2D eigenvalue weighted by molar-refractivity contribution is 5.48. The van der Waals surface area contributed by atoms with E-state index < -0.39 is 5.60 Å². The van der Waals surface area contributed by atoms with Crippen molar-refractivity contribution in [1.82, 2.24) is 0 Å². The van der Waals surface area contributed by atoms with E-state index in [-0.39, 0.29) is 12.4 Å². The summed E-state index contributed by atoms with van der Waals surface area (Å²) in [6, 6.07) is 5.00. The molecule has 3 N–H and O–H groups in total. The standard InChI is InChI=1S/C13H21FN2O/c1-4-16(9-13(2,3)17)11-6-5-10(8-15)12(14)7-11/h5-7,17H,4,8-9,15H2,1-3H3. The molecule has 96 valence electrons. The first-order valence-corrected chi connectivity index (χ1v) is 5.83. The molecule has 0 bridgehead atoms. The van der Waals surface area contributed by atoms with Gasteiger partial charge in [-0.3, -0.25) is 0 Å². The Labute approximate surface area is 102 Å². The predicted molar refractivity (Wildman–Crippen MR) is 68.5 cm³/mol. The van der Waals surface area contributed by atoms with E-state index in [9.17, 15) is 9.50 Å². The molecule has 1 aromatic carbocycles. The average molecular weight is 240 g/mol. The molecule has 17 heavy (non-hydrogen) atoms. The van der Waals surface area contributed by atoms with E-state index in [1.54, 1.807) is 19.9 Å². The monoisotopic (exact) mass is 240 g/mol. The highest BCUT2D eigenvalue weighted by Crippen LogP contribution is 2.20. The maximum atomic E-state index is 13.6. The minimum atomic E-state index is -0.807. The van der Waals surface area contributed by atoms with Crippen molar-refractivity contribution in [2.75, 3.05) is 18.0 Å². The quantitative estimate of drug-likeness (QED) is 0.826. The highest BCUT2D eigenvalue weighted by Gasteiger charge is 2.18. The first-order chi connectivity index (χ1) is 7.87. The van der Waals surface area contributed by atoms with Crippen molar-refractivity contribution in [3.05, 3.63) is 29.6 Å². The van der Waals surface area contributed by atoms with Crippen LogP contribution in [-0.4, -0.2) is 23.8 Å². The zero-order chi connectivity index (χ0) is 13.1. The van der Waals surface area contributed by atoms with Gasteiger partial charge in [-0.2, -0.15) is 0 Å². The van der Waals surface area contributed by atoms with Crippen LogP contribution in [0.25, 0.3) is 0 Å². The lowest BCUT2D eigenvalue weighted by Gasteiger charge is -2.30. The van der Waals surface area contributed by atoms with Crippen molar-refractivity contribution < 1.29 is 9.50 Å². The summed E-state index contributed by atoms with van der Waals surface area (Å²) in [5.41, 5.74) is 5.89. The van der Waals surface area contributed by atoms with E-state index in [2.05, 4.69) is 0 Å². The van der Waals surface area contributed by atoms with Gasteiger partial charge in [0.15, 0.2) is 0 Å². The summed E-state index contributed by atoms with van der Waals surface area (Å²) in [5, 5.41) is 9.80. The molecule has 0 radical (unpaired) electrons. The van der Waals surface area contributed by atoms with Gasteiger partial charge >= 0.3 is 0 Å². The Kier molecular flexibility index (Phi) is 4.48. The molecule has 0 atom stereocenters. The van der Waals surface area contributed by atoms with Crippen LogP contribution in [0.15, 0.2) is 18.2 Å². The first-order valence-electron chi connectivity index (χ1n) is 5.83. The molecule has 3 nitrogen and oxygen atoms in total. The molecule has 0 aliphatic heterocycles. The van der Waals surface area contributed by atoms with Crippen LogP contribution in [-0.2, 0) is 6.54 Å². The van der Waals surface area contributed by atoms with Crippen LogP contribution >= 0.6 is 0 Å². The number of rotatable bonds is 5. The fraction of sp³-hybridized carbons (Fsp3) is 0.538. The topological polar surface area (TPSA) is 49.5 Å². The van der Waals surface area contributed by atoms with Crippen molar-refractivity contribution in [3.8, 4) is 0 Å². The lowest BCUT2D eigenvalue weighted by Crippen LogP contribution is -2.38. The number of likely N-dealkylation sites (N-methyl/N-ethyl adjacent to an activating group) is 1. The zero-order valence-corrected chi connectivity index (χ0v) is 10.7. The molecule has 0 heterocycles. The van der Waals surface area contributed by atoms with Crippen molar-refractivity contribution in [3.63, 3.8) is 0 Å². The minimum absolute atomic E-state index is 0.198. The highest BCUT2D eigenvalue weighted by atomic mass is 19.1. The number of anilines is 1. The molecule has 0 amide bonds. The summed E-state index contributed by atoms with van der Waals surface area (Å²) >= 11 is 0. The number of hydrogen-bond acceptors (Lipinski definition) is 3. The fourth-order valence-electron chi connectivity index (χ4n) is 1.75. The van der Waals surface area contributed by atoms with Crippen LogP contribution in [0.3, 0.4) is 0 Å². The number of benzene rings is 1. The number of halogens is 1. The Hall–Kier alpha value is -1.13. The molecule has 0 aromatic heterocycles. The van der Waals surface area contributed by atoms with Crippen LogP contribution in [0.1, 0.15) is 26.3 Å². The normalized spacial score (nSPS) is 11.6. The molecule has 0 spiro atoms. The third-order valence-corrected chi connectivity index (χ3v) is 2.58. The van der Waals surface area contributed by atoms with Crippen molar-refractivity contribution >= 4 is 5.69 Å². The Morgan fingerprint density at radius 2 is 2.06 bits per heavy atom. The smallest absolute Gasteiger partial charge is 0.129 e. The van der Waals surface area contributed by atoms with Crippen molar-refractivity contribution in [1.29, 1.82) is 0 Å². The second-order valence-electron chi connectivity index (χ2n) is 4.81. The Bertz CT molecular complexity index is 374. The molecule has 0 saturated heterocycles. The minimum Gasteiger partial charge on any atom is -0.389 e. The SMILES string of the molecule is CCN(CC(C)(C)O)c1ccc(CN)c(F)c1. The van der Waals surface area contributed by atoms with Crippen LogP contribution in [0.2, 0.25) is 0 Å². The second-order valence-corrected chi connectivity index (χ2v) is 4.81. The maximum Gasteiger partial charge on any atom is 0.129 e. The molecular formula is C13H21FN2O. The molecule has 1 aromatic rings. The van der Waals surface area contributed by atoms with Gasteiger partial charge in [-0.1, -0.05) is 6.07 Å². The summed E-state index contributed by atoms with van der Waals surface area (Å²) < 4.78 is 13.6. The first kappa shape index (κ1) is 13.9. The molecule has 0 fully saturated rings. The fourth-order valence-corrected chi connectivity index (χ4v) is 1.75. The van der Waals surface area contributed by atoms with Crippen molar-refractivity contribution in [2.24, 2.45) is 5.73 Å². The maximum absolute atomic E-state index is 13.6. The zero-order valence-electron chi connectivity index (χ0n) is 10.7. The predicted octanol–water partition coefficient (Wildman–Crippen LogP) is 1.88. The summed E-state index contributed by atoms with van der Waals surface area (Å²) in [6.45, 7) is 6.82. The summed E-state index contributed by atoms with van der Waals surface area (Å²) in [4.78, 5) is 1.93. The molecule has 0 saturated carbocycles. The van der Waals surface area contributed by atoms with Gasteiger partial charge in [0.25, 0.3) is 0 Å². The third-order valence-electron chi connectivity index (χ3n) is 2.58. The molecular weight excluding hydrogens is 219 g/mol. The average Bonchev–Trinajstić information content (AvgIpc) is 2.24. The Morgan fingerprint density at radius 1 is 1.41 bits per heavy atom. The van der Waals surface area contributed by atoms with Gasteiger partial charge in [-0.15, -0.1) is 0 Å². The molecule has 0 aliphatic rings.